The van der Waals surface area contributed by atoms with E-state index in [4.69, 9.17) is 28.9 Å². The number of anilines is 2. The van der Waals surface area contributed by atoms with Gasteiger partial charge in [0.15, 0.2) is 0 Å². The molecule has 122 valence electrons. The number of aromatic nitrogens is 2. The Morgan fingerprint density at radius 3 is 2.57 bits per heavy atom. The molecule has 23 heavy (non-hydrogen) atoms. The van der Waals surface area contributed by atoms with E-state index < -0.39 is 0 Å². The molecule has 1 aliphatic rings. The van der Waals surface area contributed by atoms with Crippen molar-refractivity contribution in [2.45, 2.75) is 37.8 Å². The Morgan fingerprint density at radius 2 is 1.87 bits per heavy atom. The van der Waals surface area contributed by atoms with E-state index in [0.717, 1.165) is 37.1 Å². The van der Waals surface area contributed by atoms with Crippen molar-refractivity contribution in [1.29, 1.82) is 0 Å². The highest BCUT2D eigenvalue weighted by Crippen LogP contribution is 2.30. The molecule has 0 saturated heterocycles. The fourth-order valence-electron chi connectivity index (χ4n) is 3.00. The van der Waals surface area contributed by atoms with Crippen LogP contribution in [0.5, 0.6) is 0 Å². The van der Waals surface area contributed by atoms with Gasteiger partial charge in [0, 0.05) is 6.04 Å². The number of halogens is 2. The summed E-state index contributed by atoms with van der Waals surface area (Å²) in [7, 11) is 0. The minimum absolute atomic E-state index is 0.0407. The highest BCUT2D eigenvalue weighted by Gasteiger charge is 2.25. The van der Waals surface area contributed by atoms with Gasteiger partial charge >= 0.3 is 0 Å². The van der Waals surface area contributed by atoms with Gasteiger partial charge in [-0.05, 0) is 37.8 Å². The summed E-state index contributed by atoms with van der Waals surface area (Å²) in [5.41, 5.74) is 7.35. The third kappa shape index (κ3) is 3.46. The third-order valence-electron chi connectivity index (χ3n) is 4.26. The first-order chi connectivity index (χ1) is 11.1. The zero-order valence-electron chi connectivity index (χ0n) is 12.5. The van der Waals surface area contributed by atoms with E-state index in [1.165, 1.54) is 10.9 Å². The van der Waals surface area contributed by atoms with E-state index in [1.54, 1.807) is 0 Å². The Hall–Kier alpha value is -1.72. The molecule has 0 atom stereocenters. The Kier molecular flexibility index (Phi) is 4.78. The lowest BCUT2D eigenvalue weighted by atomic mass is 9.91. The number of rotatable bonds is 3. The molecule has 0 unspecified atom stereocenters. The fraction of sp³-hybridized carbons (Fsp3) is 0.375. The van der Waals surface area contributed by atoms with Crippen LogP contribution < -0.4 is 16.6 Å². The predicted molar refractivity (Wildman–Crippen MR) is 94.3 cm³/mol. The van der Waals surface area contributed by atoms with Gasteiger partial charge in [-0.25, -0.2) is 4.68 Å². The standard InChI is InChI=1S/C16H18Cl2N4O/c17-12-9-20-22(16(23)15(12)18)11-7-5-10(6-8-11)21-14-4-2-1-3-13(14)19/h1-4,9-11,21H,5-8,19H2/t10-,11+. The number of nitrogens with two attached hydrogens (primary N) is 1. The molecule has 1 heterocycles. The molecule has 0 bridgehead atoms. The van der Waals surface area contributed by atoms with Gasteiger partial charge in [0.25, 0.3) is 5.56 Å². The number of hydrogen-bond donors (Lipinski definition) is 2. The lowest BCUT2D eigenvalue weighted by molar-refractivity contribution is 0.304. The number of hydrogen-bond acceptors (Lipinski definition) is 4. The minimum atomic E-state index is -0.317. The van der Waals surface area contributed by atoms with E-state index in [1.807, 2.05) is 24.3 Å². The van der Waals surface area contributed by atoms with Crippen molar-refractivity contribution in [3.63, 3.8) is 0 Å². The van der Waals surface area contributed by atoms with Crippen molar-refractivity contribution < 1.29 is 0 Å². The van der Waals surface area contributed by atoms with Crippen LogP contribution in [-0.4, -0.2) is 15.8 Å². The van der Waals surface area contributed by atoms with Gasteiger partial charge in [-0.15, -0.1) is 0 Å². The molecule has 1 aliphatic carbocycles. The molecular formula is C16H18Cl2N4O. The summed E-state index contributed by atoms with van der Waals surface area (Å²) < 4.78 is 1.46. The summed E-state index contributed by atoms with van der Waals surface area (Å²) in [6.07, 6.45) is 5.02. The van der Waals surface area contributed by atoms with Gasteiger partial charge in [-0.3, -0.25) is 4.79 Å². The molecule has 2 aromatic rings. The molecule has 1 saturated carbocycles. The summed E-state index contributed by atoms with van der Waals surface area (Å²) in [5.74, 6) is 0. The van der Waals surface area contributed by atoms with Gasteiger partial charge in [0.05, 0.1) is 28.6 Å². The van der Waals surface area contributed by atoms with Crippen molar-refractivity contribution >= 4 is 34.6 Å². The average Bonchev–Trinajstić information content (AvgIpc) is 2.56. The number of nitrogen functional groups attached to an aromatic ring is 1. The zero-order chi connectivity index (χ0) is 16.4. The van der Waals surface area contributed by atoms with Crippen LogP contribution in [0.3, 0.4) is 0 Å². The minimum Gasteiger partial charge on any atom is -0.397 e. The van der Waals surface area contributed by atoms with Gasteiger partial charge in [-0.2, -0.15) is 5.10 Å². The lowest BCUT2D eigenvalue weighted by Gasteiger charge is -2.30. The van der Waals surface area contributed by atoms with Crippen LogP contribution in [0.15, 0.2) is 35.3 Å². The van der Waals surface area contributed by atoms with E-state index in [9.17, 15) is 4.79 Å². The van der Waals surface area contributed by atoms with Crippen LogP contribution in [-0.2, 0) is 0 Å². The third-order valence-corrected chi connectivity index (χ3v) is 5.01. The van der Waals surface area contributed by atoms with Crippen LogP contribution in [0.2, 0.25) is 10.0 Å². The largest absolute Gasteiger partial charge is 0.397 e. The van der Waals surface area contributed by atoms with Crippen LogP contribution >= 0.6 is 23.2 Å². The van der Waals surface area contributed by atoms with E-state index in [0.29, 0.717) is 6.04 Å². The van der Waals surface area contributed by atoms with Gasteiger partial charge in [0.1, 0.15) is 5.02 Å². The van der Waals surface area contributed by atoms with E-state index in [-0.39, 0.29) is 21.6 Å². The molecule has 3 N–H and O–H groups in total. The van der Waals surface area contributed by atoms with Crippen molar-refractivity contribution in [1.82, 2.24) is 9.78 Å². The summed E-state index contributed by atoms with van der Waals surface area (Å²) in [6, 6.07) is 8.14. The second-order valence-corrected chi connectivity index (χ2v) is 6.58. The predicted octanol–water partition coefficient (Wildman–Crippen LogP) is 3.73. The maximum absolute atomic E-state index is 12.2. The quantitative estimate of drug-likeness (QED) is 0.825. The zero-order valence-corrected chi connectivity index (χ0v) is 14.0. The van der Waals surface area contributed by atoms with Gasteiger partial charge < -0.3 is 11.1 Å². The average molecular weight is 353 g/mol. The monoisotopic (exact) mass is 352 g/mol. The van der Waals surface area contributed by atoms with Gasteiger partial charge in [-0.1, -0.05) is 35.3 Å². The molecule has 1 fully saturated rings. The molecule has 0 amide bonds. The maximum Gasteiger partial charge on any atom is 0.287 e. The van der Waals surface area contributed by atoms with Crippen molar-refractivity contribution in [2.75, 3.05) is 11.1 Å². The number of nitrogens with zero attached hydrogens (tertiary/aromatic N) is 2. The van der Waals surface area contributed by atoms with Crippen molar-refractivity contribution in [3.05, 3.63) is 50.9 Å². The summed E-state index contributed by atoms with van der Waals surface area (Å²) in [4.78, 5) is 12.2. The molecule has 1 aromatic carbocycles. The Morgan fingerprint density at radius 1 is 1.17 bits per heavy atom. The summed E-state index contributed by atoms with van der Waals surface area (Å²) >= 11 is 11.7. The van der Waals surface area contributed by atoms with E-state index >= 15 is 0 Å². The summed E-state index contributed by atoms with van der Waals surface area (Å²) in [6.45, 7) is 0. The topological polar surface area (TPSA) is 72.9 Å². The molecule has 0 radical (unpaired) electrons. The van der Waals surface area contributed by atoms with Crippen LogP contribution in [0.1, 0.15) is 31.7 Å². The number of nitrogens with one attached hydrogen (secondary N) is 1. The Bertz CT molecular complexity index is 754. The molecule has 5 nitrogen and oxygen atoms in total. The van der Waals surface area contributed by atoms with Crippen molar-refractivity contribution in [2.24, 2.45) is 0 Å². The highest BCUT2D eigenvalue weighted by atomic mass is 35.5. The first kappa shape index (κ1) is 16.1. The van der Waals surface area contributed by atoms with Crippen LogP contribution in [0.25, 0.3) is 0 Å². The Labute approximate surface area is 144 Å². The van der Waals surface area contributed by atoms with Crippen molar-refractivity contribution in [3.8, 4) is 0 Å². The van der Waals surface area contributed by atoms with Crippen LogP contribution in [0, 0.1) is 0 Å². The number of para-hydroxylation sites is 2. The van der Waals surface area contributed by atoms with Gasteiger partial charge in [0.2, 0.25) is 0 Å². The summed E-state index contributed by atoms with van der Waals surface area (Å²) in [5, 5.41) is 7.85. The molecular weight excluding hydrogens is 335 g/mol. The van der Waals surface area contributed by atoms with E-state index in [2.05, 4.69) is 10.4 Å². The second-order valence-electron chi connectivity index (χ2n) is 5.79. The normalized spacial score (nSPS) is 21.1. The first-order valence-electron chi connectivity index (χ1n) is 7.60. The molecule has 0 spiro atoms. The molecule has 0 aliphatic heterocycles. The second kappa shape index (κ2) is 6.81. The molecule has 1 aromatic heterocycles. The smallest absolute Gasteiger partial charge is 0.287 e. The lowest BCUT2D eigenvalue weighted by Crippen LogP contribution is -2.33. The maximum atomic E-state index is 12.2. The fourth-order valence-corrected chi connectivity index (χ4v) is 3.26. The Balaban J connectivity index is 1.66. The first-order valence-corrected chi connectivity index (χ1v) is 8.35. The number of benzene rings is 1. The molecule has 7 heteroatoms. The van der Waals surface area contributed by atoms with Crippen LogP contribution in [0.4, 0.5) is 11.4 Å². The highest BCUT2D eigenvalue weighted by molar-refractivity contribution is 6.41. The molecule has 3 rings (SSSR count). The SMILES string of the molecule is Nc1ccccc1N[C@H]1CC[C@@H](n2ncc(Cl)c(Cl)c2=O)CC1.